The van der Waals surface area contributed by atoms with E-state index in [2.05, 4.69) is 106 Å². The van der Waals surface area contributed by atoms with Gasteiger partial charge in [-0.2, -0.15) is 0 Å². The van der Waals surface area contributed by atoms with Crippen LogP contribution in [0.2, 0.25) is 36.3 Å². The number of hydrogen-bond acceptors (Lipinski definition) is 32. The molecule has 23 atom stereocenters. The fraction of sp³-hybridized carbons (Fsp3) is 0.637. The second-order valence-corrected chi connectivity index (χ2v) is 46.4. The summed E-state index contributed by atoms with van der Waals surface area (Å²) in [6.07, 6.45) is 20.2. The second kappa shape index (κ2) is 44.0. The molecule has 35 heteroatoms. The van der Waals surface area contributed by atoms with Gasteiger partial charge in [-0.05, 0) is 141 Å². The first kappa shape index (κ1) is 103. The first-order valence-electron chi connectivity index (χ1n) is 42.7. The number of allylic oxidation sites excluding steroid dienone is 5. The standard InChI is InChI=1S/C17H28O5Si.C17H26O5Si.C12H19NO3.C12H16O4.C11H13NO4.C11H16O5.C11H14O5/c2*1-17(2,3)23(5,6)22-9-11-7-8-12-13(15(18)20-4)10-21-16(19)14(11)12;1-6-10(14)4-8-9(12(15)16-3)5-13-7(2)11(6)8;1-7-11-8(5-13)3-4-9(11)10(6-16-7)12(14)15-2;1-16-11(15)8-4-12-10(14)9-6(5-13)2-3-7(8)9;1-5-8(12)3-6-7(10(13)15-2)4-16-11(14)9(5)6;1-15-10(13)8-5-16-11(14)9-6(4-12)2-3-7(8)9/h7,10,12,14,16,19H,8-9H2,1-6H3;7,10,12,14H,8-9H2,1-6H3;5-8,10-11,13-14H,4H2,1-3H3;3,6-7,9,11,13H,4-5H2,1-2H3;2,4,7,9,13H,3,5H2,1H3,(H,12,14);4-6,8-9,11-12,14H,3H2,1-2H3;2,5,7,9,11-12,14H,3-4H2,1H3/t12-,14-,16-;12-,14-;6-,7-,8+,10-,11-;7?,9-,11-;7-,9-;5-,6+,8-,9+,11+;7-,9-,11-/m1101101/s1. The molecular weight excluding hydrogens is 1670 g/mol. The normalized spacial score (nSPS) is 31.9. The highest BCUT2D eigenvalue weighted by Crippen LogP contribution is 2.51. The van der Waals surface area contributed by atoms with Crippen LogP contribution < -0.4 is 10.6 Å². The zero-order valence-corrected chi connectivity index (χ0v) is 78.2. The van der Waals surface area contributed by atoms with Gasteiger partial charge in [0.15, 0.2) is 22.9 Å². The highest BCUT2D eigenvalue weighted by Gasteiger charge is 2.54. The van der Waals surface area contributed by atoms with Crippen molar-refractivity contribution >= 4 is 70.3 Å². The third-order valence-electron chi connectivity index (χ3n) is 28.0. The van der Waals surface area contributed by atoms with Crippen LogP contribution in [0, 0.1) is 94.7 Å². The SMILES string of the molecule is COC(=O)C1=CNC(=O)[C@@H]2C(CO)=CC[C@H]12.COC(=O)C1=CN[C@@H](C)[C@@H]2[C@@H](C)[C@@H](O)C[C@H]12.COC(=O)C1=COC(=O)[C@@H]2C(CO[Si](C)(C)C(C)(C)C)=CC[C@H]12.COC(=O)C1=COC(C)[C@@H]2C(CO)=CC[C@H]12.COC(=O)C1=CO[C@@H](O)[C@@H]2C(CO)=CC[C@H]12.COC(=O)C1=CO[C@@H](O)[C@@H]2C(CO[Si](C)(C)C(C)(C)C)=CC[C@H]12.COC(=O)C1=CO[C@@H](O)[C@@H]2[C@@H](C)[C@@H](O)C[C@H]12. The Balaban J connectivity index is 0.000000183. The first-order valence-corrected chi connectivity index (χ1v) is 48.5. The zero-order valence-electron chi connectivity index (χ0n) is 76.2. The van der Waals surface area contributed by atoms with Crippen molar-refractivity contribution in [1.82, 2.24) is 10.6 Å². The molecule has 2 saturated carbocycles. The van der Waals surface area contributed by atoms with E-state index in [1.807, 2.05) is 45.1 Å². The van der Waals surface area contributed by atoms with Crippen LogP contribution in [0.15, 0.2) is 141 Å². The number of hydrogen-bond donors (Lipinski definition) is 10. The minimum atomic E-state index is -1.90. The number of nitrogens with one attached hydrogen (secondary N) is 2. The van der Waals surface area contributed by atoms with E-state index in [0.29, 0.717) is 114 Å². The van der Waals surface area contributed by atoms with E-state index >= 15 is 0 Å². The number of carbonyl (C=O) groups excluding carboxylic acids is 9. The average molecular weight is 1810 g/mol. The highest BCUT2D eigenvalue weighted by molar-refractivity contribution is 6.74. The van der Waals surface area contributed by atoms with Gasteiger partial charge in [0.2, 0.25) is 18.5 Å². The van der Waals surface area contributed by atoms with Gasteiger partial charge in [-0.25, -0.2) is 33.6 Å². The number of cyclic esters (lactones) is 1. The first-order chi connectivity index (χ1) is 59.3. The van der Waals surface area contributed by atoms with E-state index in [-0.39, 0.29) is 143 Å². The van der Waals surface area contributed by atoms with Crippen molar-refractivity contribution in [1.29, 1.82) is 0 Å². The Hall–Kier alpha value is -8.86. The molecule has 1 unspecified atom stereocenters. The van der Waals surface area contributed by atoms with Crippen LogP contribution in [0.3, 0.4) is 0 Å². The Bertz CT molecular complexity index is 4240. The van der Waals surface area contributed by atoms with Crippen LogP contribution in [0.1, 0.15) is 114 Å². The molecule has 2 fully saturated rings. The summed E-state index contributed by atoms with van der Waals surface area (Å²) in [6.45, 7) is 30.5. The van der Waals surface area contributed by atoms with Crippen molar-refractivity contribution in [3.8, 4) is 0 Å². The number of aliphatic hydroxyl groups is 8. The Labute approximate surface area is 739 Å². The molecule has 10 N–H and O–H groups in total. The fourth-order valence-electron chi connectivity index (χ4n) is 18.5. The minimum Gasteiger partial charge on any atom is -0.497 e. The maximum absolute atomic E-state index is 12.2. The van der Waals surface area contributed by atoms with Crippen molar-refractivity contribution < 1.29 is 150 Å². The Morgan fingerprint density at radius 2 is 0.738 bits per heavy atom. The molecule has 7 heterocycles. The summed E-state index contributed by atoms with van der Waals surface area (Å²) in [7, 11) is 5.60. The summed E-state index contributed by atoms with van der Waals surface area (Å²) >= 11 is 0. The van der Waals surface area contributed by atoms with E-state index in [0.717, 1.165) is 23.1 Å². The molecule has 126 heavy (non-hydrogen) atoms. The van der Waals surface area contributed by atoms with E-state index in [4.69, 9.17) is 61.7 Å². The van der Waals surface area contributed by atoms with Crippen molar-refractivity contribution in [2.24, 2.45) is 94.7 Å². The molecule has 0 bridgehead atoms. The maximum Gasteiger partial charge on any atom is 0.337 e. The second-order valence-electron chi connectivity index (χ2n) is 36.7. The molecule has 14 rings (SSSR count). The smallest absolute Gasteiger partial charge is 0.337 e. The predicted molar refractivity (Wildman–Crippen MR) is 459 cm³/mol. The number of esters is 8. The Kier molecular flexibility index (Phi) is 35.8. The summed E-state index contributed by atoms with van der Waals surface area (Å²) in [5.74, 6) is -4.99. The Morgan fingerprint density at radius 1 is 0.405 bits per heavy atom. The number of fused-ring (bicyclic) bond motifs is 7. The van der Waals surface area contributed by atoms with Crippen molar-refractivity contribution in [2.45, 2.75) is 194 Å². The lowest BCUT2D eigenvalue weighted by atomic mass is 9.78. The molecule has 33 nitrogen and oxygen atoms in total. The molecule has 0 aromatic carbocycles. The Morgan fingerprint density at radius 3 is 1.18 bits per heavy atom. The molecule has 7 aliphatic carbocycles. The largest absolute Gasteiger partial charge is 0.497 e. The molecule has 0 aromatic rings. The lowest BCUT2D eigenvalue weighted by Crippen LogP contribution is -2.42. The van der Waals surface area contributed by atoms with E-state index in [1.54, 1.807) is 6.20 Å². The van der Waals surface area contributed by atoms with E-state index < -0.39 is 83.3 Å². The van der Waals surface area contributed by atoms with Gasteiger partial charge in [-0.3, -0.25) is 9.59 Å². The topological polar surface area (TPSA) is 469 Å². The highest BCUT2D eigenvalue weighted by atomic mass is 28.4. The monoisotopic (exact) mass is 1800 g/mol. The van der Waals surface area contributed by atoms with Crippen molar-refractivity contribution in [2.75, 3.05) is 82.8 Å². The van der Waals surface area contributed by atoms with Crippen molar-refractivity contribution in [3.05, 3.63) is 141 Å². The van der Waals surface area contributed by atoms with Gasteiger partial charge in [0.1, 0.15) is 12.4 Å². The van der Waals surface area contributed by atoms with Crippen LogP contribution in [-0.4, -0.2) is 237 Å². The molecule has 0 spiro atoms. The minimum absolute atomic E-state index is 0.000642. The number of carbonyl (C=O) groups is 9. The van der Waals surface area contributed by atoms with Gasteiger partial charge in [0.05, 0.1) is 183 Å². The third kappa shape index (κ3) is 22.7. The van der Waals surface area contributed by atoms with Crippen LogP contribution in [-0.2, 0) is 109 Å². The molecular formula is C91H132N2O31Si2. The number of ether oxygens (including phenoxy) is 12. The molecule has 700 valence electrons. The number of rotatable bonds is 16. The quantitative estimate of drug-likeness (QED) is 0.0308. The number of aliphatic hydroxyl groups excluding tert-OH is 8. The molecule has 14 aliphatic rings. The van der Waals surface area contributed by atoms with Crippen LogP contribution >= 0.6 is 0 Å². The third-order valence-corrected chi connectivity index (χ3v) is 36.9. The van der Waals surface area contributed by atoms with Gasteiger partial charge >= 0.3 is 47.8 Å². The number of methoxy groups -OCH3 is 7. The average Bonchev–Trinajstić information content (AvgIpc) is 1.64. The molecule has 7 aliphatic heterocycles. The van der Waals surface area contributed by atoms with Gasteiger partial charge in [-0.15, -0.1) is 0 Å². The van der Waals surface area contributed by atoms with Gasteiger partial charge < -0.3 is 117 Å². The summed E-state index contributed by atoms with van der Waals surface area (Å²) in [5, 5.41) is 82.7. The van der Waals surface area contributed by atoms with Gasteiger partial charge in [0, 0.05) is 71.7 Å². The summed E-state index contributed by atoms with van der Waals surface area (Å²) in [4.78, 5) is 105. The van der Waals surface area contributed by atoms with Crippen LogP contribution in [0.4, 0.5) is 0 Å². The van der Waals surface area contributed by atoms with Crippen molar-refractivity contribution in [3.63, 3.8) is 0 Å². The lowest BCUT2D eigenvalue weighted by Gasteiger charge is -2.37. The maximum atomic E-state index is 12.2. The number of amides is 1. The fourth-order valence-corrected chi connectivity index (χ4v) is 20.4. The lowest BCUT2D eigenvalue weighted by molar-refractivity contribution is -0.147. The summed E-state index contributed by atoms with van der Waals surface area (Å²) in [6, 6.07) is 0.297. The molecule has 0 saturated heterocycles. The molecule has 0 radical (unpaired) electrons. The van der Waals surface area contributed by atoms with E-state index in [9.17, 15) is 73.8 Å². The van der Waals surface area contributed by atoms with Crippen LogP contribution in [0.25, 0.3) is 0 Å². The predicted octanol–water partition coefficient (Wildman–Crippen LogP) is 7.55. The van der Waals surface area contributed by atoms with Gasteiger partial charge in [-0.1, -0.05) is 85.8 Å². The summed E-state index contributed by atoms with van der Waals surface area (Å²) < 4.78 is 71.4. The van der Waals surface area contributed by atoms with E-state index in [1.165, 1.54) is 87.3 Å². The summed E-state index contributed by atoms with van der Waals surface area (Å²) in [5.41, 5.74) is 7.74. The zero-order chi connectivity index (χ0) is 93.7. The molecule has 0 aromatic heterocycles. The van der Waals surface area contributed by atoms with Gasteiger partial charge in [0.25, 0.3) is 0 Å². The van der Waals surface area contributed by atoms with Crippen LogP contribution in [0.5, 0.6) is 0 Å². The molecule has 1 amide bonds.